The van der Waals surface area contributed by atoms with Crippen LogP contribution in [0.3, 0.4) is 0 Å². The van der Waals surface area contributed by atoms with Crippen molar-refractivity contribution in [1.82, 2.24) is 9.78 Å². The zero-order valence-corrected chi connectivity index (χ0v) is 12.5. The lowest BCUT2D eigenvalue weighted by molar-refractivity contribution is 0.0702. The van der Waals surface area contributed by atoms with Crippen molar-refractivity contribution in [1.29, 1.82) is 0 Å². The third kappa shape index (κ3) is 2.52. The topological polar surface area (TPSA) is 55.1 Å². The normalized spacial score (nSPS) is 11.6. The number of fused-ring (bicyclic) bond motifs is 1. The maximum absolute atomic E-state index is 11.1. The molecule has 0 saturated heterocycles. The number of aromatic nitrogens is 2. The van der Waals surface area contributed by atoms with Gasteiger partial charge in [0.25, 0.3) is 0 Å². The molecule has 0 aliphatic rings. The van der Waals surface area contributed by atoms with E-state index >= 15 is 0 Å². The molecule has 2 heterocycles. The van der Waals surface area contributed by atoms with Crippen LogP contribution < -0.4 is 0 Å². The zero-order chi connectivity index (χ0) is 14.0. The van der Waals surface area contributed by atoms with Crippen molar-refractivity contribution in [2.75, 3.05) is 0 Å². The van der Waals surface area contributed by atoms with Crippen LogP contribution in [-0.4, -0.2) is 20.9 Å². The second-order valence-corrected chi connectivity index (χ2v) is 5.78. The molecule has 0 amide bonds. The summed E-state index contributed by atoms with van der Waals surface area (Å²) in [7, 11) is 0. The Hall–Kier alpha value is -1.36. The molecule has 0 bridgehead atoms. The molecule has 5 heteroatoms. The van der Waals surface area contributed by atoms with Gasteiger partial charge in [-0.3, -0.25) is 4.68 Å². The minimum Gasteiger partial charge on any atom is -0.477 e. The van der Waals surface area contributed by atoms with Gasteiger partial charge in [0.2, 0.25) is 0 Å². The average molecular weight is 280 g/mol. The zero-order valence-electron chi connectivity index (χ0n) is 11.6. The number of carbonyl (C=O) groups is 1. The first kappa shape index (κ1) is 14.1. The van der Waals surface area contributed by atoms with E-state index in [0.29, 0.717) is 10.9 Å². The van der Waals surface area contributed by atoms with Gasteiger partial charge in [0.1, 0.15) is 9.71 Å². The van der Waals surface area contributed by atoms with Gasteiger partial charge in [-0.1, -0.05) is 27.2 Å². The third-order valence-electron chi connectivity index (χ3n) is 3.45. The number of carboxylic acid groups (broad SMARTS) is 1. The van der Waals surface area contributed by atoms with E-state index in [1.807, 2.05) is 4.68 Å². The van der Waals surface area contributed by atoms with Gasteiger partial charge in [0.05, 0.1) is 11.7 Å². The molecule has 0 unspecified atom stereocenters. The number of hydrogen-bond donors (Lipinski definition) is 1. The highest BCUT2D eigenvalue weighted by atomic mass is 32.1. The van der Waals surface area contributed by atoms with Crippen LogP contribution in [0.15, 0.2) is 6.07 Å². The lowest BCUT2D eigenvalue weighted by atomic mass is 10.2. The summed E-state index contributed by atoms with van der Waals surface area (Å²) >= 11 is 1.34. The first-order valence-electron chi connectivity index (χ1n) is 6.86. The van der Waals surface area contributed by atoms with E-state index in [1.54, 1.807) is 6.07 Å². The van der Waals surface area contributed by atoms with Gasteiger partial charge in [0, 0.05) is 5.39 Å². The molecular weight excluding hydrogens is 260 g/mol. The van der Waals surface area contributed by atoms with E-state index in [9.17, 15) is 4.79 Å². The third-order valence-corrected chi connectivity index (χ3v) is 4.56. The molecule has 0 aliphatic heterocycles. The Kier molecular flexibility index (Phi) is 4.24. The fraction of sp³-hybridized carbons (Fsp3) is 0.571. The number of carboxylic acids is 1. The van der Waals surface area contributed by atoms with Gasteiger partial charge in [-0.25, -0.2) is 4.79 Å². The van der Waals surface area contributed by atoms with Gasteiger partial charge < -0.3 is 5.11 Å². The van der Waals surface area contributed by atoms with Crippen molar-refractivity contribution in [3.05, 3.63) is 16.6 Å². The highest BCUT2D eigenvalue weighted by Gasteiger charge is 2.20. The van der Waals surface area contributed by atoms with E-state index in [2.05, 4.69) is 20.8 Å². The highest BCUT2D eigenvalue weighted by Crippen LogP contribution is 2.32. The average Bonchev–Trinajstić information content (AvgIpc) is 2.93. The largest absolute Gasteiger partial charge is 0.477 e. The molecule has 0 saturated carbocycles. The number of aryl methyl sites for hydroxylation is 1. The molecule has 2 aromatic rings. The monoisotopic (exact) mass is 280 g/mol. The Morgan fingerprint density at radius 2 is 2.11 bits per heavy atom. The van der Waals surface area contributed by atoms with Gasteiger partial charge in [0.15, 0.2) is 0 Å². The van der Waals surface area contributed by atoms with E-state index in [1.165, 1.54) is 11.3 Å². The first-order chi connectivity index (χ1) is 9.12. The SMILES string of the molecule is CCCc1nn(C(CC)CC)c2sc(C(=O)O)cc12. The quantitative estimate of drug-likeness (QED) is 0.866. The Morgan fingerprint density at radius 1 is 1.42 bits per heavy atom. The molecule has 0 aliphatic carbocycles. The maximum atomic E-state index is 11.1. The molecule has 104 valence electrons. The summed E-state index contributed by atoms with van der Waals surface area (Å²) in [6.07, 6.45) is 3.95. The molecule has 19 heavy (non-hydrogen) atoms. The number of aromatic carboxylic acids is 1. The van der Waals surface area contributed by atoms with E-state index in [-0.39, 0.29) is 0 Å². The Bertz CT molecular complexity index is 582. The Morgan fingerprint density at radius 3 is 2.63 bits per heavy atom. The first-order valence-corrected chi connectivity index (χ1v) is 7.68. The molecule has 0 radical (unpaired) electrons. The fourth-order valence-electron chi connectivity index (χ4n) is 2.40. The van der Waals surface area contributed by atoms with Crippen LogP contribution in [0.1, 0.15) is 61.4 Å². The summed E-state index contributed by atoms with van der Waals surface area (Å²) in [5, 5.41) is 14.9. The van der Waals surface area contributed by atoms with Crippen LogP contribution in [0.25, 0.3) is 10.2 Å². The van der Waals surface area contributed by atoms with E-state index in [4.69, 9.17) is 10.2 Å². The number of nitrogens with zero attached hydrogens (tertiary/aromatic N) is 2. The molecule has 4 nitrogen and oxygen atoms in total. The Balaban J connectivity index is 2.59. The standard InChI is InChI=1S/C14H20N2O2S/c1-4-7-11-10-8-12(14(17)18)19-13(10)16(15-11)9(5-2)6-3/h8-9H,4-7H2,1-3H3,(H,17,18). The molecule has 0 spiro atoms. The molecule has 0 atom stereocenters. The smallest absolute Gasteiger partial charge is 0.345 e. The van der Waals surface area contributed by atoms with Crippen molar-refractivity contribution in [3.8, 4) is 0 Å². The lowest BCUT2D eigenvalue weighted by Gasteiger charge is -2.13. The number of hydrogen-bond acceptors (Lipinski definition) is 3. The van der Waals surface area contributed by atoms with E-state index < -0.39 is 5.97 Å². The number of thiophene rings is 1. The van der Waals surface area contributed by atoms with Crippen molar-refractivity contribution in [2.24, 2.45) is 0 Å². The maximum Gasteiger partial charge on any atom is 0.345 e. The van der Waals surface area contributed by atoms with Gasteiger partial charge in [-0.05, 0) is 25.3 Å². The minimum absolute atomic E-state index is 0.355. The lowest BCUT2D eigenvalue weighted by Crippen LogP contribution is -2.08. The summed E-state index contributed by atoms with van der Waals surface area (Å²) in [5.74, 6) is -0.847. The summed E-state index contributed by atoms with van der Waals surface area (Å²) < 4.78 is 2.04. The summed E-state index contributed by atoms with van der Waals surface area (Å²) in [6.45, 7) is 6.41. The highest BCUT2D eigenvalue weighted by molar-refractivity contribution is 7.20. The van der Waals surface area contributed by atoms with Gasteiger partial charge in [-0.2, -0.15) is 5.10 Å². The van der Waals surface area contributed by atoms with E-state index in [0.717, 1.165) is 41.6 Å². The summed E-state index contributed by atoms with van der Waals surface area (Å²) in [5.41, 5.74) is 1.04. The molecular formula is C14H20N2O2S. The molecule has 1 N–H and O–H groups in total. The number of rotatable bonds is 6. The van der Waals surface area contributed by atoms with Crippen LogP contribution in [0, 0.1) is 0 Å². The molecule has 0 fully saturated rings. The van der Waals surface area contributed by atoms with Crippen LogP contribution in [0.5, 0.6) is 0 Å². The van der Waals surface area contributed by atoms with Gasteiger partial charge in [-0.15, -0.1) is 11.3 Å². The Labute approximate surface area is 117 Å². The van der Waals surface area contributed by atoms with Crippen molar-refractivity contribution < 1.29 is 9.90 Å². The summed E-state index contributed by atoms with van der Waals surface area (Å²) in [6, 6.07) is 2.13. The van der Waals surface area contributed by atoms with Crippen LogP contribution in [0.4, 0.5) is 0 Å². The molecule has 2 aromatic heterocycles. The van der Waals surface area contributed by atoms with Gasteiger partial charge >= 0.3 is 5.97 Å². The molecule has 0 aromatic carbocycles. The second-order valence-electron chi connectivity index (χ2n) is 4.75. The second kappa shape index (κ2) is 5.74. The van der Waals surface area contributed by atoms with Crippen LogP contribution >= 0.6 is 11.3 Å². The fourth-order valence-corrected chi connectivity index (χ4v) is 3.44. The predicted octanol–water partition coefficient (Wildman–Crippen LogP) is 4.11. The van der Waals surface area contributed by atoms with Crippen LogP contribution in [0.2, 0.25) is 0 Å². The minimum atomic E-state index is -0.847. The van der Waals surface area contributed by atoms with Crippen molar-refractivity contribution in [2.45, 2.75) is 52.5 Å². The summed E-state index contributed by atoms with van der Waals surface area (Å²) in [4.78, 5) is 12.6. The van der Waals surface area contributed by atoms with Crippen molar-refractivity contribution in [3.63, 3.8) is 0 Å². The van der Waals surface area contributed by atoms with Crippen molar-refractivity contribution >= 4 is 27.5 Å². The van der Waals surface area contributed by atoms with Crippen LogP contribution in [-0.2, 0) is 6.42 Å². The predicted molar refractivity (Wildman–Crippen MR) is 78.2 cm³/mol. The molecule has 2 rings (SSSR count).